The first-order valence-electron chi connectivity index (χ1n) is 8.77. The molecule has 1 spiro atoms. The van der Waals surface area contributed by atoms with Crippen LogP contribution in [0.2, 0.25) is 0 Å². The average molecular weight is 369 g/mol. The highest BCUT2D eigenvalue weighted by Crippen LogP contribution is 2.57. The highest BCUT2D eigenvalue weighted by Gasteiger charge is 2.60. The van der Waals surface area contributed by atoms with Gasteiger partial charge in [-0.1, -0.05) is 0 Å². The molecule has 0 aromatic heterocycles. The number of aliphatic hydroxyl groups excluding tert-OH is 1. The number of ether oxygens (including phenoxy) is 3. The number of Topliss-reactive ketones (excluding diaryl/α,β-unsaturated/α-hetero) is 1. The Labute approximate surface area is 155 Å². The third-order valence-corrected chi connectivity index (χ3v) is 5.97. The van der Waals surface area contributed by atoms with Crippen LogP contribution < -0.4 is 14.2 Å². The number of ketones is 1. The molecular formula is C20H19NO6. The predicted octanol–water partition coefficient (Wildman–Crippen LogP) is 1.74. The van der Waals surface area contributed by atoms with Crippen LogP contribution in [-0.4, -0.2) is 48.4 Å². The van der Waals surface area contributed by atoms with Gasteiger partial charge in [0.25, 0.3) is 0 Å². The molecule has 2 aromatic rings. The average Bonchev–Trinajstić information content (AvgIpc) is 3.22. The van der Waals surface area contributed by atoms with Crippen LogP contribution in [0, 0.1) is 0 Å². The molecule has 7 nitrogen and oxygen atoms in total. The van der Waals surface area contributed by atoms with Crippen molar-refractivity contribution in [2.45, 2.75) is 18.1 Å². The minimum atomic E-state index is -1.32. The number of phenols is 1. The lowest BCUT2D eigenvalue weighted by Gasteiger charge is -2.45. The van der Waals surface area contributed by atoms with Crippen molar-refractivity contribution in [3.8, 4) is 23.0 Å². The summed E-state index contributed by atoms with van der Waals surface area (Å²) in [6.45, 7) is 0.640. The number of aliphatic hydroxyl groups is 1. The van der Waals surface area contributed by atoms with E-state index in [1.54, 1.807) is 18.2 Å². The summed E-state index contributed by atoms with van der Waals surface area (Å²) in [5, 5.41) is 21.8. The van der Waals surface area contributed by atoms with E-state index in [1.165, 1.54) is 13.2 Å². The summed E-state index contributed by atoms with van der Waals surface area (Å²) >= 11 is 0. The second-order valence-electron chi connectivity index (χ2n) is 7.11. The van der Waals surface area contributed by atoms with Crippen molar-refractivity contribution >= 4 is 5.78 Å². The highest BCUT2D eigenvalue weighted by molar-refractivity contribution is 6.10. The van der Waals surface area contributed by atoms with Gasteiger partial charge in [-0.25, -0.2) is 0 Å². The number of hydrogen-bond acceptors (Lipinski definition) is 7. The first-order chi connectivity index (χ1) is 13.0. The Balaban J connectivity index is 1.78. The van der Waals surface area contributed by atoms with Crippen molar-refractivity contribution in [3.63, 3.8) is 0 Å². The number of carbonyl (C=O) groups excluding carboxylic acids is 1. The molecule has 140 valence electrons. The maximum atomic E-state index is 13.6. The van der Waals surface area contributed by atoms with Crippen molar-refractivity contribution < 1.29 is 29.2 Å². The number of methoxy groups -OCH3 is 1. The molecule has 0 amide bonds. The number of hydrogen-bond donors (Lipinski definition) is 2. The molecule has 2 unspecified atom stereocenters. The maximum Gasteiger partial charge on any atom is 0.231 e. The van der Waals surface area contributed by atoms with Gasteiger partial charge in [-0.15, -0.1) is 0 Å². The van der Waals surface area contributed by atoms with Gasteiger partial charge in [-0.05, 0) is 48.9 Å². The molecule has 0 bridgehead atoms. The van der Waals surface area contributed by atoms with Crippen LogP contribution in [0.3, 0.4) is 0 Å². The fourth-order valence-electron chi connectivity index (χ4n) is 4.66. The van der Waals surface area contributed by atoms with Crippen molar-refractivity contribution in [1.29, 1.82) is 0 Å². The van der Waals surface area contributed by atoms with Crippen LogP contribution >= 0.6 is 0 Å². The van der Waals surface area contributed by atoms with E-state index in [4.69, 9.17) is 14.2 Å². The van der Waals surface area contributed by atoms with Crippen LogP contribution in [0.25, 0.3) is 0 Å². The standard InChI is InChI=1S/C20H19NO6/c1-21-6-5-10-7-15(25-2)13(22)8-12(10)20(21)18(23)11-3-4-14-17(27-9-26-14)16(11)19(20)24/h3-4,7-8,19,22,24H,5-6,9H2,1-2H3. The van der Waals surface area contributed by atoms with Gasteiger partial charge < -0.3 is 24.4 Å². The molecule has 3 aliphatic rings. The number of likely N-dealkylation sites (N-methyl/N-ethyl adjacent to an activating group) is 1. The molecular weight excluding hydrogens is 350 g/mol. The molecule has 0 fully saturated rings. The van der Waals surface area contributed by atoms with Crippen LogP contribution in [-0.2, 0) is 12.0 Å². The number of benzene rings is 2. The molecule has 0 radical (unpaired) electrons. The molecule has 5 rings (SSSR count). The molecule has 2 heterocycles. The van der Waals surface area contributed by atoms with Gasteiger partial charge >= 0.3 is 0 Å². The quantitative estimate of drug-likeness (QED) is 0.792. The van der Waals surface area contributed by atoms with Crippen molar-refractivity contribution in [2.75, 3.05) is 27.5 Å². The Bertz CT molecular complexity index is 987. The van der Waals surface area contributed by atoms with Gasteiger partial charge in [0.1, 0.15) is 11.6 Å². The smallest absolute Gasteiger partial charge is 0.231 e. The molecule has 0 saturated carbocycles. The largest absolute Gasteiger partial charge is 0.504 e. The Kier molecular flexibility index (Phi) is 3.26. The van der Waals surface area contributed by atoms with Gasteiger partial charge in [0.05, 0.1) is 7.11 Å². The fourth-order valence-corrected chi connectivity index (χ4v) is 4.66. The van der Waals surface area contributed by atoms with E-state index in [1.807, 2.05) is 11.9 Å². The SMILES string of the molecule is COc1cc2c(cc1O)C1(C(=O)c3ccc4c(c3C1O)OCO4)N(C)CC2. The first-order valence-corrected chi connectivity index (χ1v) is 8.77. The van der Waals surface area contributed by atoms with Gasteiger partial charge in [-0.3, -0.25) is 9.69 Å². The molecule has 0 saturated heterocycles. The normalized spacial score (nSPS) is 25.6. The van der Waals surface area contributed by atoms with E-state index in [2.05, 4.69) is 0 Å². The van der Waals surface area contributed by atoms with Crippen molar-refractivity contribution in [3.05, 3.63) is 46.5 Å². The lowest BCUT2D eigenvalue weighted by Crippen LogP contribution is -2.54. The van der Waals surface area contributed by atoms with E-state index in [9.17, 15) is 15.0 Å². The van der Waals surface area contributed by atoms with Crippen LogP contribution in [0.4, 0.5) is 0 Å². The Morgan fingerprint density at radius 3 is 2.89 bits per heavy atom. The second-order valence-corrected chi connectivity index (χ2v) is 7.11. The summed E-state index contributed by atoms with van der Waals surface area (Å²) in [4.78, 5) is 15.5. The number of fused-ring (bicyclic) bond motifs is 5. The molecule has 27 heavy (non-hydrogen) atoms. The van der Waals surface area contributed by atoms with Crippen molar-refractivity contribution in [1.82, 2.24) is 4.90 Å². The molecule has 2 aromatic carbocycles. The monoisotopic (exact) mass is 369 g/mol. The molecule has 7 heteroatoms. The Morgan fingerprint density at radius 1 is 1.30 bits per heavy atom. The zero-order chi connectivity index (χ0) is 18.9. The van der Waals surface area contributed by atoms with Gasteiger partial charge in [0.15, 0.2) is 28.8 Å². The summed E-state index contributed by atoms with van der Waals surface area (Å²) in [5.41, 5.74) is 1.01. The second kappa shape index (κ2) is 5.37. The molecule has 2 atom stereocenters. The van der Waals surface area contributed by atoms with Crippen LogP contribution in [0.5, 0.6) is 23.0 Å². The maximum absolute atomic E-state index is 13.6. The number of phenolic OH excluding ortho intramolecular Hbond substituents is 1. The summed E-state index contributed by atoms with van der Waals surface area (Å²) < 4.78 is 16.2. The summed E-state index contributed by atoms with van der Waals surface area (Å²) in [6.07, 6.45) is -0.466. The molecule has 2 N–H and O–H groups in total. The predicted molar refractivity (Wildman–Crippen MR) is 94.5 cm³/mol. The summed E-state index contributed by atoms with van der Waals surface area (Å²) in [7, 11) is 3.30. The lowest BCUT2D eigenvalue weighted by molar-refractivity contribution is -0.00851. The van der Waals surface area contributed by atoms with E-state index in [0.717, 1.165) is 5.56 Å². The van der Waals surface area contributed by atoms with E-state index >= 15 is 0 Å². The lowest BCUT2D eigenvalue weighted by atomic mass is 9.76. The number of carbonyl (C=O) groups is 1. The minimum absolute atomic E-state index is 0.0596. The zero-order valence-electron chi connectivity index (χ0n) is 15.0. The van der Waals surface area contributed by atoms with Gasteiger partial charge in [-0.2, -0.15) is 0 Å². The van der Waals surface area contributed by atoms with Gasteiger partial charge in [0.2, 0.25) is 6.79 Å². The fraction of sp³-hybridized carbons (Fsp3) is 0.350. The molecule has 1 aliphatic carbocycles. The highest BCUT2D eigenvalue weighted by atomic mass is 16.7. The van der Waals surface area contributed by atoms with Gasteiger partial charge in [0, 0.05) is 17.7 Å². The van der Waals surface area contributed by atoms with E-state index in [0.29, 0.717) is 46.9 Å². The summed E-state index contributed by atoms with van der Waals surface area (Å²) in [6, 6.07) is 6.65. The third-order valence-electron chi connectivity index (χ3n) is 5.97. The third kappa shape index (κ3) is 1.85. The Hall–Kier alpha value is -2.77. The first kappa shape index (κ1) is 16.4. The number of rotatable bonds is 1. The molecule has 2 aliphatic heterocycles. The Morgan fingerprint density at radius 2 is 2.11 bits per heavy atom. The minimum Gasteiger partial charge on any atom is -0.504 e. The van der Waals surface area contributed by atoms with Crippen LogP contribution in [0.15, 0.2) is 24.3 Å². The summed E-state index contributed by atoms with van der Waals surface area (Å²) in [5.74, 6) is 1.02. The number of nitrogens with zero attached hydrogens (tertiary/aromatic N) is 1. The van der Waals surface area contributed by atoms with E-state index < -0.39 is 11.6 Å². The van der Waals surface area contributed by atoms with Crippen LogP contribution in [0.1, 0.15) is 33.2 Å². The zero-order valence-corrected chi connectivity index (χ0v) is 15.0. The topological polar surface area (TPSA) is 88.5 Å². The van der Waals surface area contributed by atoms with Crippen molar-refractivity contribution in [2.24, 2.45) is 0 Å². The number of aromatic hydroxyl groups is 1. The van der Waals surface area contributed by atoms with E-state index in [-0.39, 0.29) is 18.3 Å².